The lowest BCUT2D eigenvalue weighted by molar-refractivity contribution is 0.425. The van der Waals surface area contributed by atoms with E-state index in [4.69, 9.17) is 20.4 Å². The third kappa shape index (κ3) is 16.5. The van der Waals surface area contributed by atoms with Crippen molar-refractivity contribution in [3.63, 3.8) is 0 Å². The maximum Gasteiger partial charge on any atom is 0.492 e. The Morgan fingerprint density at radius 1 is 0.187 bits per heavy atom. The lowest BCUT2D eigenvalue weighted by atomic mass is 9.79. The first kappa shape index (κ1) is 82.6. The molecule has 2 aromatic heterocycles. The van der Waals surface area contributed by atoms with Crippen LogP contribution in [-0.4, -0.2) is 17.2 Å². The van der Waals surface area contributed by atoms with E-state index in [1.807, 2.05) is 48.5 Å². The van der Waals surface area contributed by atoms with Crippen molar-refractivity contribution in [1.82, 2.24) is 0 Å². The monoisotopic (exact) mass is 1740 g/mol. The Kier molecular flexibility index (Phi) is 22.7. The summed E-state index contributed by atoms with van der Waals surface area (Å²) in [6.07, 6.45) is 0. The molecule has 0 unspecified atom stereocenters. The Labute approximate surface area is 782 Å². The molecule has 0 spiro atoms. The number of hydrogen-bond acceptors (Lipinski definition) is 8. The molecule has 0 aliphatic rings. The van der Waals surface area contributed by atoms with Gasteiger partial charge in [0.05, 0.1) is 22.7 Å². The van der Waals surface area contributed by atoms with Gasteiger partial charge in [-0.2, -0.15) is 0 Å². The normalized spacial score (nSPS) is 11.2. The molecule has 0 atom stereocenters. The smallest absolute Gasteiger partial charge is 0.456 e. The van der Waals surface area contributed by atoms with Crippen LogP contribution in [0.5, 0.6) is 0 Å². The van der Waals surface area contributed by atoms with E-state index < -0.39 is 7.12 Å². The van der Waals surface area contributed by atoms with Crippen molar-refractivity contribution in [1.29, 1.82) is 0 Å². The third-order valence-corrected chi connectivity index (χ3v) is 25.4. The number of halogens is 1. The number of anilines is 12. The summed E-state index contributed by atoms with van der Waals surface area (Å²) in [5.74, 6) is 0. The van der Waals surface area contributed by atoms with Gasteiger partial charge in [0.15, 0.2) is 0 Å². The predicted octanol–water partition coefficient (Wildman–Crippen LogP) is 34.0. The Bertz CT molecular complexity index is 7980. The Morgan fingerprint density at radius 3 is 0.754 bits per heavy atom. The second-order valence-corrected chi connectivity index (χ2v) is 33.8. The summed E-state index contributed by atoms with van der Waals surface area (Å²) >= 11 is 6.83. The summed E-state index contributed by atoms with van der Waals surface area (Å²) in [6.45, 7) is 0. The van der Waals surface area contributed by atoms with E-state index in [0.29, 0.717) is 16.1 Å². The van der Waals surface area contributed by atoms with Crippen LogP contribution in [0.3, 0.4) is 0 Å². The second kappa shape index (κ2) is 36.8. The summed E-state index contributed by atoms with van der Waals surface area (Å²) in [5.41, 5.74) is 27.8. The number of nitrogens with zero attached hydrogens (tertiary/aromatic N) is 4. The van der Waals surface area contributed by atoms with Crippen LogP contribution in [0.4, 0.5) is 68.2 Å². The van der Waals surface area contributed by atoms with Crippen molar-refractivity contribution in [2.45, 2.75) is 0 Å². The molecule has 0 aliphatic heterocycles. The summed E-state index contributed by atoms with van der Waals surface area (Å²) in [6, 6.07) is 179. The molecule has 0 fully saturated rings. The largest absolute Gasteiger partial charge is 0.492 e. The second-order valence-electron chi connectivity index (χ2n) is 33.4. The summed E-state index contributed by atoms with van der Waals surface area (Å²) in [4.78, 5) is 9.37. The van der Waals surface area contributed by atoms with Crippen LogP contribution < -0.4 is 25.1 Å². The van der Waals surface area contributed by atoms with Crippen LogP contribution in [-0.2, 0) is 0 Å². The van der Waals surface area contributed by atoms with Crippen molar-refractivity contribution < 1.29 is 18.9 Å². The van der Waals surface area contributed by atoms with Crippen molar-refractivity contribution in [3.05, 3.63) is 515 Å². The van der Waals surface area contributed by atoms with Gasteiger partial charge in [0.25, 0.3) is 0 Å². The topological polar surface area (TPSA) is 79.7 Å². The Balaban J connectivity index is 0.000000135. The summed E-state index contributed by atoms with van der Waals surface area (Å²) < 4.78 is 12.3. The van der Waals surface area contributed by atoms with Crippen LogP contribution in [0.1, 0.15) is 0 Å². The van der Waals surface area contributed by atoms with Crippen LogP contribution >= 0.6 is 11.6 Å². The summed E-state index contributed by atoms with van der Waals surface area (Å²) in [7, 11) is -1.51. The molecule has 10 heteroatoms. The Morgan fingerprint density at radius 2 is 0.425 bits per heavy atom. The maximum atomic E-state index is 9.24. The number of rotatable bonds is 18. The van der Waals surface area contributed by atoms with E-state index in [9.17, 15) is 10.0 Å². The highest BCUT2D eigenvalue weighted by Gasteiger charge is 2.25. The van der Waals surface area contributed by atoms with Crippen LogP contribution in [0.15, 0.2) is 518 Å². The number of furan rings is 2. The van der Waals surface area contributed by atoms with Crippen LogP contribution in [0, 0.1) is 0 Å². The molecule has 22 aromatic carbocycles. The first-order valence-corrected chi connectivity index (χ1v) is 45.4. The zero-order chi connectivity index (χ0) is 89.8. The number of benzene rings is 22. The zero-order valence-electron chi connectivity index (χ0n) is 73.0. The molecule has 134 heavy (non-hydrogen) atoms. The third-order valence-electron chi connectivity index (χ3n) is 25.2. The molecule has 0 saturated heterocycles. The molecule has 0 bridgehead atoms. The molecule has 0 aliphatic carbocycles. The number of hydrogen-bond donors (Lipinski definition) is 2. The fourth-order valence-corrected chi connectivity index (χ4v) is 19.1. The zero-order valence-corrected chi connectivity index (χ0v) is 73.7. The average molecular weight is 1740 g/mol. The molecule has 0 amide bonds. The number of para-hydroxylation sites is 8. The molecule has 8 nitrogen and oxygen atoms in total. The van der Waals surface area contributed by atoms with E-state index >= 15 is 0 Å². The summed E-state index contributed by atoms with van der Waals surface area (Å²) in [5, 5.41) is 33.0. The van der Waals surface area contributed by atoms with Crippen molar-refractivity contribution >= 4 is 179 Å². The molecule has 0 saturated carbocycles. The highest BCUT2D eigenvalue weighted by Crippen LogP contribution is 2.48. The van der Waals surface area contributed by atoms with E-state index in [1.54, 1.807) is 12.1 Å². The highest BCUT2D eigenvalue weighted by atomic mass is 35.5. The SMILES string of the molecule is Clc1cc(-c2ccc(N(c3ccccc3)c3cccc4ccccc34)cc2)cc(-c2ccc(N(c3ccccc3)c3cccc4ccccc34)cc2)c1.OB(O)c1cccc2c1oc1ccccc12.c1ccc(N(c2ccc(-c3cc(-c4ccc(N(c5ccccc5)c5cccc6ccccc56)cc4)cc(-c4cccc5c4oc4ccccc45)c3)cc2)c2cccc3ccccc23)cc1. The number of fused-ring (bicyclic) bond motifs is 10. The minimum Gasteiger partial charge on any atom is -0.456 e. The first-order chi connectivity index (χ1) is 66.2. The first-order valence-electron chi connectivity index (χ1n) is 45.1. The molecule has 24 aromatic rings. The van der Waals surface area contributed by atoms with Gasteiger partial charge in [-0.15, -0.1) is 0 Å². The predicted molar refractivity (Wildman–Crippen MR) is 565 cm³/mol. The molecule has 24 rings (SSSR count). The molecule has 636 valence electrons. The van der Waals surface area contributed by atoms with Gasteiger partial charge in [-0.05, 0) is 241 Å². The lowest BCUT2D eigenvalue weighted by Crippen LogP contribution is -2.29. The van der Waals surface area contributed by atoms with Crippen LogP contribution in [0.2, 0.25) is 5.02 Å². The minimum atomic E-state index is -1.51. The van der Waals surface area contributed by atoms with Gasteiger partial charge in [0.2, 0.25) is 0 Å². The van der Waals surface area contributed by atoms with E-state index in [1.165, 1.54) is 43.1 Å². The van der Waals surface area contributed by atoms with Gasteiger partial charge < -0.3 is 38.5 Å². The van der Waals surface area contributed by atoms with E-state index in [0.717, 1.165) is 162 Å². The van der Waals surface area contributed by atoms with Gasteiger partial charge >= 0.3 is 7.12 Å². The van der Waals surface area contributed by atoms with Gasteiger partial charge in [0.1, 0.15) is 22.3 Å². The quantitative estimate of drug-likeness (QED) is 0.0823. The fraction of sp³-hybridized carbons (Fsp3) is 0. The van der Waals surface area contributed by atoms with E-state index in [2.05, 4.69) is 469 Å². The van der Waals surface area contributed by atoms with Crippen LogP contribution in [0.25, 0.3) is 143 Å². The van der Waals surface area contributed by atoms with Gasteiger partial charge in [0, 0.05) is 105 Å². The van der Waals surface area contributed by atoms with Gasteiger partial charge in [-0.3, -0.25) is 0 Å². The average Bonchev–Trinajstić information content (AvgIpc) is 1.37. The van der Waals surface area contributed by atoms with Gasteiger partial charge in [-0.25, -0.2) is 0 Å². The Hall–Kier alpha value is -17.0. The van der Waals surface area contributed by atoms with Crippen molar-refractivity contribution in [2.24, 2.45) is 0 Å². The van der Waals surface area contributed by atoms with E-state index in [-0.39, 0.29) is 0 Å². The minimum absolute atomic E-state index is 0.397. The standard InChI is InChI=1S/C62H42N2O.C50H35ClN2.C12H9BO3/c1-3-20-50(21-4-1)63(59-29-13-18-45-16-7-9-24-54(45)59)52-36-32-43(33-37-52)47-40-48(42-49(41-47)56-27-15-28-58-57-26-11-12-31-61(57)65-62(56)58)44-34-38-53(39-35-44)64(51-22-5-2-6-23-51)60-30-14-19-46-17-8-10-25-55(46)60;51-42-34-40(36-25-29-45(30-26-36)52(43-17-3-1-4-18-43)49-23-11-15-38-13-7-9-21-47(38)49)33-41(35-42)37-27-31-46(32-28-37)53(44-19-5-2-6-20-44)50-24-12-16-39-14-8-10-22-48(39)50;14-13(15)10-6-3-5-9-8-4-1-2-7-11(8)16-12(9)10/h1-42H;1-35H;1-7,14-15H. The molecular formula is C124H86BClN4O4. The molecule has 2 N–H and O–H groups in total. The molecule has 2 heterocycles. The van der Waals surface area contributed by atoms with Gasteiger partial charge in [-0.1, -0.05) is 351 Å². The molecule has 0 radical (unpaired) electrons. The van der Waals surface area contributed by atoms with Crippen molar-refractivity contribution in [2.75, 3.05) is 19.6 Å². The van der Waals surface area contributed by atoms with Crippen molar-refractivity contribution in [3.8, 4) is 55.6 Å². The highest BCUT2D eigenvalue weighted by molar-refractivity contribution is 6.61. The fourth-order valence-electron chi connectivity index (χ4n) is 18.8. The molecular weight excluding hydrogens is 1660 g/mol. The maximum absolute atomic E-state index is 9.24. The lowest BCUT2D eigenvalue weighted by Gasteiger charge is -2.27.